The number of hydrazine groups is 1. The van der Waals surface area contributed by atoms with Gasteiger partial charge in [0.25, 0.3) is 5.91 Å². The lowest BCUT2D eigenvalue weighted by Crippen LogP contribution is -2.42. The molecule has 0 bridgehead atoms. The zero-order valence-electron chi connectivity index (χ0n) is 20.3. The fourth-order valence-corrected chi connectivity index (χ4v) is 4.20. The van der Waals surface area contributed by atoms with E-state index in [1.807, 2.05) is 6.92 Å². The van der Waals surface area contributed by atoms with Crippen LogP contribution >= 0.6 is 12.2 Å². The summed E-state index contributed by atoms with van der Waals surface area (Å²) in [4.78, 5) is 27.3. The molecule has 0 spiro atoms. The van der Waals surface area contributed by atoms with Crippen LogP contribution in [0.3, 0.4) is 0 Å². The van der Waals surface area contributed by atoms with Gasteiger partial charge in [0.1, 0.15) is 17.5 Å². The first-order valence-electron chi connectivity index (χ1n) is 11.6. The summed E-state index contributed by atoms with van der Waals surface area (Å²) in [6, 6.07) is 13.5. The van der Waals surface area contributed by atoms with Crippen molar-refractivity contribution < 1.29 is 36.3 Å². The smallest absolute Gasteiger partial charge is 0.254 e. The van der Waals surface area contributed by atoms with Crippen LogP contribution in [0, 0.1) is 29.1 Å². The van der Waals surface area contributed by atoms with Crippen LogP contribution in [0.4, 0.5) is 33.3 Å². The number of anilines is 2. The Hall–Kier alpha value is -4.26. The van der Waals surface area contributed by atoms with Gasteiger partial charge in [-0.05, 0) is 49.0 Å². The zero-order chi connectivity index (χ0) is 28.3. The van der Waals surface area contributed by atoms with Crippen molar-refractivity contribution in [2.45, 2.75) is 25.9 Å². The third-order valence-electron chi connectivity index (χ3n) is 5.75. The standard InChI is InChI=1S/C26H21F5N4O3S/c1-2-38-16-10-8-15(9-11-16)32-18(36)12-17-25(37)34(13-14-6-4-3-5-7-14)26(39)35(17)33-24-22(30)20(28)19(27)21(29)23(24)31/h3-11,17,33H,2,12-13H2,1H3,(H,32,36). The average molecular weight is 565 g/mol. The predicted octanol–water partition coefficient (Wildman–Crippen LogP) is 5.13. The number of carbonyl (C=O) groups excluding carboxylic acids is 2. The number of ether oxygens (including phenoxy) is 1. The van der Waals surface area contributed by atoms with Gasteiger partial charge < -0.3 is 10.1 Å². The lowest BCUT2D eigenvalue weighted by molar-refractivity contribution is -0.130. The topological polar surface area (TPSA) is 73.9 Å². The van der Waals surface area contributed by atoms with Crippen molar-refractivity contribution in [3.05, 3.63) is 89.2 Å². The number of nitrogens with zero attached hydrogens (tertiary/aromatic N) is 2. The second-order valence-electron chi connectivity index (χ2n) is 8.34. The van der Waals surface area contributed by atoms with Crippen LogP contribution in [0.15, 0.2) is 54.6 Å². The molecule has 3 aromatic carbocycles. The maximum Gasteiger partial charge on any atom is 0.254 e. The van der Waals surface area contributed by atoms with Gasteiger partial charge in [0.2, 0.25) is 11.7 Å². The van der Waals surface area contributed by atoms with Gasteiger partial charge in [-0.25, -0.2) is 27.0 Å². The molecule has 204 valence electrons. The molecule has 1 aliphatic rings. The molecule has 1 unspecified atom stereocenters. The van der Waals surface area contributed by atoms with Gasteiger partial charge in [-0.1, -0.05) is 30.3 Å². The SMILES string of the molecule is CCOc1ccc(NC(=O)CC2C(=O)N(Cc3ccccc3)C(=S)N2Nc2c(F)c(F)c(F)c(F)c2F)cc1. The highest BCUT2D eigenvalue weighted by molar-refractivity contribution is 7.80. The fourth-order valence-electron chi connectivity index (χ4n) is 3.88. The number of hydrogen-bond donors (Lipinski definition) is 2. The number of benzene rings is 3. The van der Waals surface area contributed by atoms with E-state index in [2.05, 4.69) is 10.7 Å². The second-order valence-corrected chi connectivity index (χ2v) is 8.71. The summed E-state index contributed by atoms with van der Waals surface area (Å²) in [5.74, 6) is -11.8. The minimum Gasteiger partial charge on any atom is -0.494 e. The molecule has 1 fully saturated rings. The molecule has 1 atom stereocenters. The Morgan fingerprint density at radius 2 is 1.51 bits per heavy atom. The quantitative estimate of drug-likeness (QED) is 0.163. The first kappa shape index (κ1) is 27.8. The third kappa shape index (κ3) is 5.77. The van der Waals surface area contributed by atoms with Gasteiger partial charge >= 0.3 is 0 Å². The molecule has 7 nitrogen and oxygen atoms in total. The molecule has 0 aromatic heterocycles. The van der Waals surface area contributed by atoms with Gasteiger partial charge in [-0.2, -0.15) is 0 Å². The first-order chi connectivity index (χ1) is 18.6. The fraction of sp³-hybridized carbons (Fsp3) is 0.192. The Morgan fingerprint density at radius 1 is 0.923 bits per heavy atom. The molecule has 4 rings (SSSR count). The molecule has 1 saturated heterocycles. The van der Waals surface area contributed by atoms with Crippen molar-refractivity contribution in [3.63, 3.8) is 0 Å². The van der Waals surface area contributed by atoms with E-state index >= 15 is 0 Å². The van der Waals surface area contributed by atoms with E-state index in [9.17, 15) is 31.5 Å². The summed E-state index contributed by atoms with van der Waals surface area (Å²) < 4.78 is 75.5. The molecule has 0 radical (unpaired) electrons. The Labute approximate surface area is 225 Å². The average Bonchev–Trinajstić information content (AvgIpc) is 3.14. The summed E-state index contributed by atoms with van der Waals surface area (Å²) >= 11 is 5.33. The van der Waals surface area contributed by atoms with Gasteiger partial charge in [-0.3, -0.25) is 19.9 Å². The van der Waals surface area contributed by atoms with Crippen LogP contribution in [0.25, 0.3) is 0 Å². The molecule has 1 aliphatic heterocycles. The monoisotopic (exact) mass is 564 g/mol. The minimum atomic E-state index is -2.34. The maximum atomic E-state index is 14.4. The van der Waals surface area contributed by atoms with Gasteiger partial charge in [0.15, 0.2) is 28.4 Å². The highest BCUT2D eigenvalue weighted by atomic mass is 32.1. The van der Waals surface area contributed by atoms with Crippen molar-refractivity contribution in [2.24, 2.45) is 0 Å². The Balaban J connectivity index is 1.62. The predicted molar refractivity (Wildman–Crippen MR) is 136 cm³/mol. The number of rotatable bonds is 9. The summed E-state index contributed by atoms with van der Waals surface area (Å²) in [5, 5.41) is 3.01. The van der Waals surface area contributed by atoms with E-state index in [1.165, 1.54) is 0 Å². The van der Waals surface area contributed by atoms with Crippen LogP contribution in [0.5, 0.6) is 5.75 Å². The number of carbonyl (C=O) groups is 2. The highest BCUT2D eigenvalue weighted by Crippen LogP contribution is 2.31. The minimum absolute atomic E-state index is 0.0647. The molecular weight excluding hydrogens is 543 g/mol. The van der Waals surface area contributed by atoms with E-state index in [-0.39, 0.29) is 11.7 Å². The molecular formula is C26H21F5N4O3S. The van der Waals surface area contributed by atoms with E-state index in [0.29, 0.717) is 23.6 Å². The molecule has 1 heterocycles. The Bertz CT molecular complexity index is 1380. The third-order valence-corrected chi connectivity index (χ3v) is 6.17. The summed E-state index contributed by atoms with van der Waals surface area (Å²) in [7, 11) is 0. The number of amides is 2. The van der Waals surface area contributed by atoms with Gasteiger partial charge in [0.05, 0.1) is 19.6 Å². The van der Waals surface area contributed by atoms with Crippen LogP contribution in [0.1, 0.15) is 18.9 Å². The van der Waals surface area contributed by atoms with Crippen LogP contribution < -0.4 is 15.5 Å². The van der Waals surface area contributed by atoms with Crippen molar-refractivity contribution in [1.82, 2.24) is 9.91 Å². The number of thiocarbonyl (C=S) groups is 1. The normalized spacial score (nSPS) is 15.1. The molecule has 2 N–H and O–H groups in total. The molecule has 2 amide bonds. The summed E-state index contributed by atoms with van der Waals surface area (Å²) in [6.07, 6.45) is -0.570. The molecule has 13 heteroatoms. The van der Waals surface area contributed by atoms with E-state index in [0.717, 1.165) is 9.91 Å². The first-order valence-corrected chi connectivity index (χ1v) is 12.0. The lowest BCUT2D eigenvalue weighted by Gasteiger charge is -2.26. The molecule has 39 heavy (non-hydrogen) atoms. The van der Waals surface area contributed by atoms with Crippen LogP contribution in [-0.2, 0) is 16.1 Å². The van der Waals surface area contributed by atoms with E-state index in [4.69, 9.17) is 17.0 Å². The van der Waals surface area contributed by atoms with Crippen molar-refractivity contribution >= 4 is 40.5 Å². The highest BCUT2D eigenvalue weighted by Gasteiger charge is 2.45. The number of nitrogens with one attached hydrogen (secondary N) is 2. The molecule has 3 aromatic rings. The van der Waals surface area contributed by atoms with E-state index in [1.54, 1.807) is 54.6 Å². The number of hydrogen-bond acceptors (Lipinski definition) is 5. The van der Waals surface area contributed by atoms with Crippen LogP contribution in [0.2, 0.25) is 0 Å². The maximum absolute atomic E-state index is 14.4. The number of halogens is 5. The zero-order valence-corrected chi connectivity index (χ0v) is 21.1. The van der Waals surface area contributed by atoms with Gasteiger partial charge in [-0.15, -0.1) is 0 Å². The summed E-state index contributed by atoms with van der Waals surface area (Å²) in [5.41, 5.74) is 1.66. The Morgan fingerprint density at radius 3 is 2.10 bits per heavy atom. The largest absolute Gasteiger partial charge is 0.494 e. The summed E-state index contributed by atoms with van der Waals surface area (Å²) in [6.45, 7) is 2.19. The van der Waals surface area contributed by atoms with Crippen molar-refractivity contribution in [3.8, 4) is 5.75 Å². The van der Waals surface area contributed by atoms with Crippen LogP contribution in [-0.4, -0.2) is 39.5 Å². The molecule has 0 saturated carbocycles. The second kappa shape index (κ2) is 11.6. The van der Waals surface area contributed by atoms with E-state index < -0.39 is 59.1 Å². The van der Waals surface area contributed by atoms with Crippen molar-refractivity contribution in [2.75, 3.05) is 17.3 Å². The van der Waals surface area contributed by atoms with Crippen molar-refractivity contribution in [1.29, 1.82) is 0 Å². The van der Waals surface area contributed by atoms with Gasteiger partial charge in [0, 0.05) is 5.69 Å². The Kier molecular flexibility index (Phi) is 8.29. The molecule has 0 aliphatic carbocycles. The lowest BCUT2D eigenvalue weighted by atomic mass is 10.1.